The van der Waals surface area contributed by atoms with Gasteiger partial charge in [0.1, 0.15) is 0 Å². The van der Waals surface area contributed by atoms with Gasteiger partial charge in [0.05, 0.1) is 13.2 Å². The molecule has 0 aromatic heterocycles. The van der Waals surface area contributed by atoms with Gasteiger partial charge in [0.25, 0.3) is 0 Å². The summed E-state index contributed by atoms with van der Waals surface area (Å²) in [6, 6.07) is 0. The average molecular weight is 447 g/mol. The van der Waals surface area contributed by atoms with E-state index in [1.807, 2.05) is 0 Å². The third-order valence-electron chi connectivity index (χ3n) is 8.79. The van der Waals surface area contributed by atoms with Crippen LogP contribution >= 0.6 is 0 Å². The highest BCUT2D eigenvalue weighted by Crippen LogP contribution is 2.54. The number of ether oxygens (including phenoxy) is 2. The molecule has 4 bridgehead atoms. The Morgan fingerprint density at radius 3 is 1.44 bits per heavy atom. The molecule has 0 aromatic carbocycles. The molecular weight excluding hydrogens is 404 g/mol. The Labute approximate surface area is 193 Å². The van der Waals surface area contributed by atoms with Crippen molar-refractivity contribution in [3.8, 4) is 0 Å². The number of nitrogens with zero attached hydrogens (tertiary/aromatic N) is 2. The minimum atomic E-state index is -0.168. The van der Waals surface area contributed by atoms with Crippen molar-refractivity contribution in [3.05, 3.63) is 0 Å². The Morgan fingerprint density at radius 2 is 1.09 bits per heavy atom. The fourth-order valence-electron chi connectivity index (χ4n) is 6.04. The number of hydrogen-bond acceptors (Lipinski definition) is 6. The Bertz CT molecular complexity index is 704. The van der Waals surface area contributed by atoms with Gasteiger partial charge in [-0.15, -0.1) is 0 Å². The van der Waals surface area contributed by atoms with Crippen molar-refractivity contribution in [2.45, 2.75) is 92.9 Å². The molecule has 0 amide bonds. The predicted octanol–water partition coefficient (Wildman–Crippen LogP) is 5.59. The second kappa shape index (κ2) is 10.0. The van der Waals surface area contributed by atoms with Crippen LogP contribution in [-0.4, -0.2) is 36.6 Å². The van der Waals surface area contributed by atoms with Crippen molar-refractivity contribution >= 4 is 23.4 Å². The van der Waals surface area contributed by atoms with Crippen molar-refractivity contribution in [3.63, 3.8) is 0 Å². The van der Waals surface area contributed by atoms with Crippen LogP contribution < -0.4 is 0 Å². The topological polar surface area (TPSA) is 77.3 Å². The SMILES string of the molecule is C/C1=N/N=C(/C)[C@H]2C[C@@H](CCOC(=O)CCCCC(=O)OCC[C@@H]3C[C@H]1C3(C)C)C2(C)C. The Balaban J connectivity index is 1.67. The molecular formula is C26H42N2O4. The second-order valence-corrected chi connectivity index (χ2v) is 11.3. The standard InChI is InChI=1S/C26H42N2O4/c1-17-21-15-19(25(21,3)4)11-13-31-23(29)9-7-8-10-24(30)32-14-12-20-16-22(26(20,5)6)18(2)28-27-17/h19-22H,7-16H2,1-6H3/b27-17-,28-18-/t19-,20-,21-,22-/m1/s1. The minimum absolute atomic E-state index is 0.140. The van der Waals surface area contributed by atoms with E-state index in [9.17, 15) is 9.59 Å². The summed E-state index contributed by atoms with van der Waals surface area (Å²) >= 11 is 0. The first-order valence-corrected chi connectivity index (χ1v) is 12.4. The van der Waals surface area contributed by atoms with Crippen molar-refractivity contribution in [2.24, 2.45) is 44.7 Å². The summed E-state index contributed by atoms with van der Waals surface area (Å²) < 4.78 is 10.9. The van der Waals surface area contributed by atoms with Gasteiger partial charge in [0.15, 0.2) is 0 Å². The zero-order valence-corrected chi connectivity index (χ0v) is 20.9. The Morgan fingerprint density at radius 1 is 0.719 bits per heavy atom. The fourth-order valence-corrected chi connectivity index (χ4v) is 6.04. The molecule has 0 radical (unpaired) electrons. The minimum Gasteiger partial charge on any atom is -0.466 e. The van der Waals surface area contributed by atoms with Crippen molar-refractivity contribution < 1.29 is 19.1 Å². The first kappa shape index (κ1) is 24.9. The largest absolute Gasteiger partial charge is 0.466 e. The van der Waals surface area contributed by atoms with Gasteiger partial charge in [-0.25, -0.2) is 0 Å². The Hall–Kier alpha value is -1.72. The molecule has 180 valence electrons. The molecule has 3 aliphatic heterocycles. The molecule has 5 aliphatic rings. The number of carbonyl (C=O) groups excluding carboxylic acids is 2. The van der Waals surface area contributed by atoms with Crippen LogP contribution in [0.25, 0.3) is 0 Å². The molecule has 32 heavy (non-hydrogen) atoms. The van der Waals surface area contributed by atoms with Crippen molar-refractivity contribution in [1.29, 1.82) is 0 Å². The van der Waals surface area contributed by atoms with Crippen molar-refractivity contribution in [2.75, 3.05) is 13.2 Å². The molecule has 4 atom stereocenters. The van der Waals surface area contributed by atoms with E-state index in [0.717, 1.165) is 37.1 Å². The van der Waals surface area contributed by atoms with E-state index < -0.39 is 0 Å². The molecule has 2 saturated carbocycles. The van der Waals surface area contributed by atoms with Crippen LogP contribution in [0.15, 0.2) is 10.2 Å². The van der Waals surface area contributed by atoms with E-state index in [2.05, 4.69) is 51.7 Å². The van der Waals surface area contributed by atoms with Gasteiger partial charge in [-0.2, -0.15) is 10.2 Å². The molecule has 2 aliphatic carbocycles. The summed E-state index contributed by atoms with van der Waals surface area (Å²) in [5.41, 5.74) is 2.49. The first-order valence-electron chi connectivity index (χ1n) is 12.4. The summed E-state index contributed by atoms with van der Waals surface area (Å²) in [4.78, 5) is 24.0. The highest BCUT2D eigenvalue weighted by atomic mass is 16.5. The normalized spacial score (nSPS) is 37.4. The molecule has 0 saturated heterocycles. The second-order valence-electron chi connectivity index (χ2n) is 11.3. The predicted molar refractivity (Wildman–Crippen MR) is 127 cm³/mol. The lowest BCUT2D eigenvalue weighted by atomic mass is 9.52. The zero-order chi connectivity index (χ0) is 23.5. The molecule has 6 nitrogen and oxygen atoms in total. The average Bonchev–Trinajstić information content (AvgIpc) is 2.72. The van der Waals surface area contributed by atoms with E-state index in [-0.39, 0.29) is 22.8 Å². The highest BCUT2D eigenvalue weighted by molar-refractivity contribution is 5.89. The van der Waals surface area contributed by atoms with E-state index in [0.29, 0.717) is 62.6 Å². The van der Waals surface area contributed by atoms with Crippen LogP contribution in [0.3, 0.4) is 0 Å². The zero-order valence-electron chi connectivity index (χ0n) is 20.9. The maximum atomic E-state index is 12.0. The smallest absolute Gasteiger partial charge is 0.305 e. The van der Waals surface area contributed by atoms with Crippen LogP contribution in [-0.2, 0) is 19.1 Å². The third-order valence-corrected chi connectivity index (χ3v) is 8.79. The number of carbonyl (C=O) groups is 2. The van der Waals surface area contributed by atoms with Gasteiger partial charge in [-0.3, -0.25) is 9.59 Å². The molecule has 0 aromatic rings. The molecule has 0 N–H and O–H groups in total. The van der Waals surface area contributed by atoms with Gasteiger partial charge in [0.2, 0.25) is 0 Å². The van der Waals surface area contributed by atoms with E-state index >= 15 is 0 Å². The number of hydrogen-bond donors (Lipinski definition) is 0. The van der Waals surface area contributed by atoms with Crippen molar-refractivity contribution in [1.82, 2.24) is 0 Å². The molecule has 2 fully saturated rings. The first-order chi connectivity index (χ1) is 15.0. The highest BCUT2D eigenvalue weighted by Gasteiger charge is 2.50. The lowest BCUT2D eigenvalue weighted by molar-refractivity contribution is -0.147. The van der Waals surface area contributed by atoms with Crippen LogP contribution in [0, 0.1) is 34.5 Å². The summed E-state index contributed by atoms with van der Waals surface area (Å²) in [6.45, 7) is 14.3. The van der Waals surface area contributed by atoms with Gasteiger partial charge >= 0.3 is 11.9 Å². The monoisotopic (exact) mass is 446 g/mol. The summed E-state index contributed by atoms with van der Waals surface area (Å²) in [7, 11) is 0. The summed E-state index contributed by atoms with van der Waals surface area (Å²) in [5.74, 6) is 1.56. The Kier molecular flexibility index (Phi) is 7.82. The van der Waals surface area contributed by atoms with E-state index in [1.165, 1.54) is 0 Å². The van der Waals surface area contributed by atoms with Gasteiger partial charge < -0.3 is 9.47 Å². The van der Waals surface area contributed by atoms with Gasteiger partial charge in [-0.05, 0) is 75.0 Å². The lowest BCUT2D eigenvalue weighted by Gasteiger charge is -2.53. The van der Waals surface area contributed by atoms with Gasteiger partial charge in [0, 0.05) is 36.1 Å². The van der Waals surface area contributed by atoms with E-state index in [4.69, 9.17) is 9.47 Å². The maximum Gasteiger partial charge on any atom is 0.305 e. The van der Waals surface area contributed by atoms with Gasteiger partial charge in [-0.1, -0.05) is 27.7 Å². The summed E-state index contributed by atoms with van der Waals surface area (Å²) in [5, 5.41) is 9.29. The molecule has 0 spiro atoms. The van der Waals surface area contributed by atoms with Crippen LogP contribution in [0.5, 0.6) is 0 Å². The number of esters is 2. The number of rotatable bonds is 0. The quantitative estimate of drug-likeness (QED) is 0.455. The maximum absolute atomic E-state index is 12.0. The van der Waals surface area contributed by atoms with Crippen LogP contribution in [0.2, 0.25) is 0 Å². The molecule has 6 heteroatoms. The van der Waals surface area contributed by atoms with Crippen LogP contribution in [0.4, 0.5) is 0 Å². The summed E-state index contributed by atoms with van der Waals surface area (Å²) in [6.07, 6.45) is 5.98. The van der Waals surface area contributed by atoms with Crippen LogP contribution in [0.1, 0.15) is 92.9 Å². The lowest BCUT2D eigenvalue weighted by Crippen LogP contribution is -2.49. The molecule has 0 unspecified atom stereocenters. The molecule has 3 heterocycles. The fraction of sp³-hybridized carbons (Fsp3) is 0.846. The molecule has 5 rings (SSSR count). The van der Waals surface area contributed by atoms with E-state index in [1.54, 1.807) is 0 Å². The third kappa shape index (κ3) is 5.43.